The van der Waals surface area contributed by atoms with Crippen LogP contribution in [0, 0.1) is 5.82 Å². The highest BCUT2D eigenvalue weighted by Gasteiger charge is 2.36. The minimum atomic E-state index is -0.235. The summed E-state index contributed by atoms with van der Waals surface area (Å²) in [5.41, 5.74) is 2.10. The van der Waals surface area contributed by atoms with Crippen molar-refractivity contribution in [1.82, 2.24) is 30.0 Å². The van der Waals surface area contributed by atoms with Crippen LogP contribution in [0.1, 0.15) is 35.8 Å². The van der Waals surface area contributed by atoms with Crippen molar-refractivity contribution in [2.75, 3.05) is 33.3 Å². The lowest BCUT2D eigenvalue weighted by Crippen LogP contribution is -2.51. The smallest absolute Gasteiger partial charge is 0.173 e. The topological polar surface area (TPSA) is 59.3 Å². The predicted molar refractivity (Wildman–Crippen MR) is 114 cm³/mol. The van der Waals surface area contributed by atoms with Crippen LogP contribution in [0.25, 0.3) is 0 Å². The normalized spacial score (nSPS) is 20.5. The largest absolute Gasteiger partial charge is 0.497 e. The number of hydrogen-bond acceptors (Lipinski definition) is 6. The van der Waals surface area contributed by atoms with E-state index in [0.717, 1.165) is 42.3 Å². The zero-order valence-corrected chi connectivity index (χ0v) is 17.7. The molecule has 0 bridgehead atoms. The van der Waals surface area contributed by atoms with Gasteiger partial charge >= 0.3 is 0 Å². The molecule has 31 heavy (non-hydrogen) atoms. The number of hydrogen-bond donors (Lipinski definition) is 0. The quantitative estimate of drug-likeness (QED) is 0.609. The van der Waals surface area contributed by atoms with Gasteiger partial charge in [-0.05, 0) is 65.2 Å². The van der Waals surface area contributed by atoms with Gasteiger partial charge < -0.3 is 4.74 Å². The van der Waals surface area contributed by atoms with E-state index in [-0.39, 0.29) is 11.9 Å². The molecule has 2 atom stereocenters. The minimum Gasteiger partial charge on any atom is -0.497 e. The summed E-state index contributed by atoms with van der Waals surface area (Å²) in [4.78, 5) is 5.04. The van der Waals surface area contributed by atoms with E-state index in [1.54, 1.807) is 7.11 Å². The first-order chi connectivity index (χ1) is 15.2. The fraction of sp³-hybridized carbons (Fsp3) is 0.435. The molecule has 2 aliphatic heterocycles. The maximum atomic E-state index is 13.7. The predicted octanol–water partition coefficient (Wildman–Crippen LogP) is 2.74. The zero-order valence-electron chi connectivity index (χ0n) is 17.7. The molecule has 2 saturated heterocycles. The molecule has 0 amide bonds. The first kappa shape index (κ1) is 20.1. The second-order valence-corrected chi connectivity index (χ2v) is 8.32. The van der Waals surface area contributed by atoms with E-state index in [4.69, 9.17) is 4.74 Å². The van der Waals surface area contributed by atoms with E-state index in [2.05, 4.69) is 25.3 Å². The number of rotatable bonds is 6. The molecule has 0 radical (unpaired) electrons. The summed E-state index contributed by atoms with van der Waals surface area (Å²) >= 11 is 0. The van der Waals surface area contributed by atoms with E-state index >= 15 is 0 Å². The molecule has 0 spiro atoms. The molecule has 1 aromatic heterocycles. The third kappa shape index (κ3) is 4.18. The number of benzene rings is 2. The van der Waals surface area contributed by atoms with E-state index in [1.165, 1.54) is 31.5 Å². The van der Waals surface area contributed by atoms with Gasteiger partial charge in [0.2, 0.25) is 0 Å². The Bertz CT molecular complexity index is 1010. The van der Waals surface area contributed by atoms with Gasteiger partial charge in [0.05, 0.1) is 19.7 Å². The Balaban J connectivity index is 1.46. The first-order valence-electron chi connectivity index (χ1n) is 10.8. The Morgan fingerprint density at radius 3 is 2.65 bits per heavy atom. The van der Waals surface area contributed by atoms with Crippen molar-refractivity contribution in [3.63, 3.8) is 0 Å². The molecule has 8 heteroatoms. The highest BCUT2D eigenvalue weighted by Crippen LogP contribution is 2.32. The van der Waals surface area contributed by atoms with Crippen LogP contribution in [0.4, 0.5) is 4.39 Å². The number of nitrogens with zero attached hydrogens (tertiary/aromatic N) is 6. The molecule has 0 unspecified atom stereocenters. The van der Waals surface area contributed by atoms with Crippen molar-refractivity contribution < 1.29 is 9.13 Å². The Hall–Kier alpha value is -2.84. The lowest BCUT2D eigenvalue weighted by atomic mass is 10.0. The van der Waals surface area contributed by atoms with Crippen molar-refractivity contribution in [3.8, 4) is 5.75 Å². The Morgan fingerprint density at radius 2 is 1.87 bits per heavy atom. The lowest BCUT2D eigenvalue weighted by molar-refractivity contribution is 0.0794. The minimum absolute atomic E-state index is 0.114. The van der Waals surface area contributed by atoms with Crippen molar-refractivity contribution in [2.24, 2.45) is 0 Å². The van der Waals surface area contributed by atoms with Gasteiger partial charge in [0.15, 0.2) is 5.82 Å². The van der Waals surface area contributed by atoms with Crippen LogP contribution in [0.15, 0.2) is 48.5 Å². The zero-order chi connectivity index (χ0) is 21.2. The molecule has 2 aliphatic rings. The van der Waals surface area contributed by atoms with E-state index < -0.39 is 0 Å². The second kappa shape index (κ2) is 8.72. The fourth-order valence-electron chi connectivity index (χ4n) is 4.84. The van der Waals surface area contributed by atoms with Crippen LogP contribution in [-0.2, 0) is 6.54 Å². The number of fused-ring (bicyclic) bond motifs is 1. The number of halogens is 1. The summed E-state index contributed by atoms with van der Waals surface area (Å²) < 4.78 is 20.8. The third-order valence-electron chi connectivity index (χ3n) is 6.47. The number of aromatic nitrogens is 4. The van der Waals surface area contributed by atoms with Gasteiger partial charge in [0.25, 0.3) is 0 Å². The molecule has 0 N–H and O–H groups in total. The van der Waals surface area contributed by atoms with Crippen LogP contribution >= 0.6 is 0 Å². The van der Waals surface area contributed by atoms with Crippen LogP contribution in [0.2, 0.25) is 0 Å². The Kier molecular flexibility index (Phi) is 5.65. The summed E-state index contributed by atoms with van der Waals surface area (Å²) in [7, 11) is 1.66. The average molecular weight is 423 g/mol. The lowest BCUT2D eigenvalue weighted by Gasteiger charge is -2.41. The summed E-state index contributed by atoms with van der Waals surface area (Å²) in [6, 6.07) is 15.1. The van der Waals surface area contributed by atoms with Crippen molar-refractivity contribution >= 4 is 0 Å². The molecule has 0 aliphatic carbocycles. The van der Waals surface area contributed by atoms with E-state index in [9.17, 15) is 4.39 Å². The number of piperazine rings is 1. The monoisotopic (exact) mass is 422 g/mol. The Morgan fingerprint density at radius 1 is 1.06 bits per heavy atom. The molecule has 3 aromatic rings. The average Bonchev–Trinajstić information content (AvgIpc) is 3.45. The van der Waals surface area contributed by atoms with Gasteiger partial charge in [-0.25, -0.2) is 9.07 Å². The van der Waals surface area contributed by atoms with Gasteiger partial charge in [-0.15, -0.1) is 5.10 Å². The van der Waals surface area contributed by atoms with E-state index in [0.29, 0.717) is 12.6 Å². The highest BCUT2D eigenvalue weighted by molar-refractivity contribution is 5.29. The SMILES string of the molecule is COc1ccc(Cn2nnnc2[C@H](c2ccc(F)cc2)N2CCN3CCC[C@@H]3C2)cc1. The first-order valence-corrected chi connectivity index (χ1v) is 10.8. The van der Waals surface area contributed by atoms with Crippen LogP contribution in [-0.4, -0.2) is 69.3 Å². The van der Waals surface area contributed by atoms with Gasteiger partial charge in [-0.1, -0.05) is 24.3 Å². The molecular formula is C23H27FN6O. The van der Waals surface area contributed by atoms with Crippen LogP contribution in [0.5, 0.6) is 5.75 Å². The summed E-state index contributed by atoms with van der Waals surface area (Å²) in [5.74, 6) is 1.37. The maximum Gasteiger partial charge on any atom is 0.173 e. The molecule has 0 saturated carbocycles. The summed E-state index contributed by atoms with van der Waals surface area (Å²) in [6.07, 6.45) is 2.48. The molecule has 162 valence electrons. The van der Waals surface area contributed by atoms with Crippen LogP contribution < -0.4 is 4.74 Å². The van der Waals surface area contributed by atoms with Crippen molar-refractivity contribution in [3.05, 3.63) is 71.3 Å². The fourth-order valence-corrected chi connectivity index (χ4v) is 4.84. The van der Waals surface area contributed by atoms with Gasteiger partial charge in [-0.2, -0.15) is 0 Å². The summed E-state index contributed by atoms with van der Waals surface area (Å²) in [6.45, 7) is 4.70. The molecule has 7 nitrogen and oxygen atoms in total. The molecule has 2 fully saturated rings. The van der Waals surface area contributed by atoms with Gasteiger partial charge in [0, 0.05) is 25.7 Å². The van der Waals surface area contributed by atoms with Gasteiger partial charge in [-0.3, -0.25) is 9.80 Å². The molecule has 2 aromatic carbocycles. The van der Waals surface area contributed by atoms with E-state index in [1.807, 2.05) is 41.1 Å². The Labute approximate surface area is 181 Å². The molecular weight excluding hydrogens is 395 g/mol. The molecule has 3 heterocycles. The molecule has 5 rings (SSSR count). The van der Waals surface area contributed by atoms with Gasteiger partial charge in [0.1, 0.15) is 11.6 Å². The maximum absolute atomic E-state index is 13.7. The standard InChI is InChI=1S/C23H27FN6O/c1-31-21-10-4-17(5-11-21)15-30-23(25-26-27-30)22(18-6-8-19(24)9-7-18)29-14-13-28-12-2-3-20(28)16-29/h4-11,20,22H,2-3,12-16H2,1H3/t20-,22+/m1/s1. The number of methoxy groups -OCH3 is 1. The summed E-state index contributed by atoms with van der Waals surface area (Å²) in [5, 5.41) is 12.7. The van der Waals surface area contributed by atoms with Crippen molar-refractivity contribution in [1.29, 1.82) is 0 Å². The number of ether oxygens (including phenoxy) is 1. The highest BCUT2D eigenvalue weighted by atomic mass is 19.1. The van der Waals surface area contributed by atoms with Crippen molar-refractivity contribution in [2.45, 2.75) is 31.5 Å². The second-order valence-electron chi connectivity index (χ2n) is 8.32. The van der Waals surface area contributed by atoms with Crippen LogP contribution in [0.3, 0.4) is 0 Å². The third-order valence-corrected chi connectivity index (χ3v) is 6.47. The number of tetrazole rings is 1.